The first-order valence-electron chi connectivity index (χ1n) is 14.2. The minimum Gasteiger partial charge on any atom is -0.371 e. The van der Waals surface area contributed by atoms with Crippen LogP contribution in [0, 0.1) is 11.7 Å². The van der Waals surface area contributed by atoms with E-state index in [1.54, 1.807) is 19.1 Å². The Morgan fingerprint density at radius 1 is 0.927 bits per heavy atom. The Labute approximate surface area is 238 Å². The monoisotopic (exact) mass is 596 g/mol. The number of piperazine rings is 1. The van der Waals surface area contributed by atoms with Gasteiger partial charge in [0.05, 0.1) is 16.4 Å². The zero-order chi connectivity index (χ0) is 29.4. The van der Waals surface area contributed by atoms with Crippen LogP contribution in [0.3, 0.4) is 0 Å². The van der Waals surface area contributed by atoms with Crippen LogP contribution in [0.1, 0.15) is 51.0 Å². The average Bonchev–Trinajstić information content (AvgIpc) is 3.44. The summed E-state index contributed by atoms with van der Waals surface area (Å²) in [5, 5.41) is 3.19. The zero-order valence-electron chi connectivity index (χ0n) is 23.0. The SMILES string of the molecule is C[C@@H]1CN(c2ccc(F)cc2C(F)(F)F)CCN1S(=O)(=O)c1cccc(N2CCC(C(=O)NC3CCCCC3)C2)c1. The van der Waals surface area contributed by atoms with Crippen LogP contribution in [0.25, 0.3) is 0 Å². The number of benzene rings is 2. The van der Waals surface area contributed by atoms with Crippen LogP contribution in [0.5, 0.6) is 0 Å². The van der Waals surface area contributed by atoms with Crippen LogP contribution >= 0.6 is 0 Å². The molecule has 3 aliphatic rings. The molecular weight excluding hydrogens is 560 g/mol. The molecule has 0 aromatic heterocycles. The molecule has 2 heterocycles. The summed E-state index contributed by atoms with van der Waals surface area (Å²) in [6.45, 7) is 2.84. The highest BCUT2D eigenvalue weighted by molar-refractivity contribution is 7.89. The molecule has 0 bridgehead atoms. The van der Waals surface area contributed by atoms with Crippen LogP contribution in [-0.2, 0) is 21.0 Å². The van der Waals surface area contributed by atoms with E-state index in [2.05, 4.69) is 5.32 Å². The lowest BCUT2D eigenvalue weighted by Crippen LogP contribution is -2.54. The van der Waals surface area contributed by atoms with E-state index in [0.29, 0.717) is 31.3 Å². The van der Waals surface area contributed by atoms with E-state index < -0.39 is 33.6 Å². The third kappa shape index (κ3) is 6.48. The van der Waals surface area contributed by atoms with Gasteiger partial charge in [-0.05, 0) is 62.6 Å². The quantitative estimate of drug-likeness (QED) is 0.475. The summed E-state index contributed by atoms with van der Waals surface area (Å²) in [5.41, 5.74) is -0.530. The van der Waals surface area contributed by atoms with Crippen molar-refractivity contribution in [2.75, 3.05) is 42.5 Å². The Morgan fingerprint density at radius 2 is 1.68 bits per heavy atom. The maximum absolute atomic E-state index is 13.7. The molecule has 41 heavy (non-hydrogen) atoms. The molecule has 2 aromatic rings. The number of hydrogen-bond donors (Lipinski definition) is 1. The van der Waals surface area contributed by atoms with Crippen molar-refractivity contribution in [2.24, 2.45) is 5.92 Å². The van der Waals surface area contributed by atoms with Crippen LogP contribution in [0.15, 0.2) is 47.4 Å². The number of amides is 1. The van der Waals surface area contributed by atoms with E-state index in [9.17, 15) is 30.8 Å². The van der Waals surface area contributed by atoms with Gasteiger partial charge in [0.1, 0.15) is 5.82 Å². The fourth-order valence-electron chi connectivity index (χ4n) is 6.28. The zero-order valence-corrected chi connectivity index (χ0v) is 23.9. The van der Waals surface area contributed by atoms with E-state index in [0.717, 1.165) is 37.8 Å². The van der Waals surface area contributed by atoms with Gasteiger partial charge in [-0.3, -0.25) is 4.79 Å². The lowest BCUT2D eigenvalue weighted by molar-refractivity contribution is -0.137. The third-order valence-electron chi connectivity index (χ3n) is 8.47. The average molecular weight is 597 g/mol. The topological polar surface area (TPSA) is 73.0 Å². The fraction of sp³-hybridized carbons (Fsp3) is 0.552. The number of sulfonamides is 1. The van der Waals surface area contributed by atoms with Crippen LogP contribution in [-0.4, -0.2) is 63.4 Å². The summed E-state index contributed by atoms with van der Waals surface area (Å²) in [5.74, 6) is -1.08. The predicted octanol–water partition coefficient (Wildman–Crippen LogP) is 5.02. The summed E-state index contributed by atoms with van der Waals surface area (Å²) in [6.07, 6.45) is 1.47. The van der Waals surface area contributed by atoms with Gasteiger partial charge >= 0.3 is 6.18 Å². The largest absolute Gasteiger partial charge is 0.418 e. The Balaban J connectivity index is 1.26. The van der Waals surface area contributed by atoms with Gasteiger partial charge in [0, 0.05) is 56.2 Å². The van der Waals surface area contributed by atoms with E-state index in [4.69, 9.17) is 0 Å². The highest BCUT2D eigenvalue weighted by atomic mass is 32.2. The number of alkyl halides is 3. The molecule has 12 heteroatoms. The van der Waals surface area contributed by atoms with Gasteiger partial charge in [-0.1, -0.05) is 25.3 Å². The predicted molar refractivity (Wildman–Crippen MR) is 149 cm³/mol. The molecule has 7 nitrogen and oxygen atoms in total. The summed E-state index contributed by atoms with van der Waals surface area (Å²) in [6, 6.07) is 8.79. The lowest BCUT2D eigenvalue weighted by Gasteiger charge is -2.40. The molecule has 1 aliphatic carbocycles. The molecule has 2 saturated heterocycles. The number of hydrogen-bond acceptors (Lipinski definition) is 5. The van der Waals surface area contributed by atoms with Crippen molar-refractivity contribution in [1.82, 2.24) is 9.62 Å². The summed E-state index contributed by atoms with van der Waals surface area (Å²) >= 11 is 0. The molecule has 0 spiro atoms. The third-order valence-corrected chi connectivity index (χ3v) is 10.5. The normalized spacial score (nSPS) is 23.1. The highest BCUT2D eigenvalue weighted by Crippen LogP contribution is 2.38. The Morgan fingerprint density at radius 3 is 2.39 bits per heavy atom. The van der Waals surface area contributed by atoms with Gasteiger partial charge in [0.2, 0.25) is 15.9 Å². The Bertz CT molecular complexity index is 1360. The summed E-state index contributed by atoms with van der Waals surface area (Å²) in [4.78, 5) is 16.4. The van der Waals surface area contributed by atoms with Gasteiger partial charge in [-0.15, -0.1) is 0 Å². The molecule has 224 valence electrons. The number of carbonyl (C=O) groups excluding carboxylic acids is 1. The van der Waals surface area contributed by atoms with E-state index in [-0.39, 0.29) is 48.1 Å². The van der Waals surface area contributed by atoms with Gasteiger partial charge in [0.15, 0.2) is 0 Å². The number of carbonyl (C=O) groups is 1. The minimum atomic E-state index is -4.74. The first-order chi connectivity index (χ1) is 19.4. The van der Waals surface area contributed by atoms with E-state index >= 15 is 0 Å². The maximum Gasteiger partial charge on any atom is 0.418 e. The Hall–Kier alpha value is -2.86. The lowest BCUT2D eigenvalue weighted by atomic mass is 9.95. The van der Waals surface area contributed by atoms with Crippen LogP contribution < -0.4 is 15.1 Å². The van der Waals surface area contributed by atoms with Gasteiger partial charge < -0.3 is 15.1 Å². The van der Waals surface area contributed by atoms with Gasteiger partial charge in [-0.25, -0.2) is 12.8 Å². The van der Waals surface area contributed by atoms with E-state index in [1.165, 1.54) is 21.7 Å². The van der Waals surface area contributed by atoms with Crippen molar-refractivity contribution >= 4 is 27.3 Å². The van der Waals surface area contributed by atoms with Crippen molar-refractivity contribution in [3.63, 3.8) is 0 Å². The van der Waals surface area contributed by atoms with Crippen LogP contribution in [0.2, 0.25) is 0 Å². The molecule has 1 N–H and O–H groups in total. The molecule has 1 unspecified atom stereocenters. The van der Waals surface area contributed by atoms with E-state index in [1.807, 2.05) is 11.0 Å². The second-order valence-corrected chi connectivity index (χ2v) is 13.2. The number of nitrogens with zero attached hydrogens (tertiary/aromatic N) is 3. The standard InChI is InChI=1S/C29H36F4N4O3S/c1-20-18-36(27-11-10-22(30)16-26(27)29(31,32)33)14-15-37(20)41(39,40)25-9-5-8-24(17-25)35-13-12-21(19-35)28(38)34-23-6-3-2-4-7-23/h5,8-11,16-17,20-21,23H,2-4,6-7,12-15,18-19H2,1H3,(H,34,38)/t20-,21?/m1/s1. The smallest absolute Gasteiger partial charge is 0.371 e. The molecule has 2 aromatic carbocycles. The number of rotatable bonds is 6. The summed E-state index contributed by atoms with van der Waals surface area (Å²) in [7, 11) is -3.94. The summed E-state index contributed by atoms with van der Waals surface area (Å²) < 4.78 is 83.0. The molecule has 0 radical (unpaired) electrons. The first kappa shape index (κ1) is 29.6. The van der Waals surface area contributed by atoms with Gasteiger partial charge in [0.25, 0.3) is 0 Å². The minimum absolute atomic E-state index is 0.0183. The van der Waals surface area contributed by atoms with Crippen molar-refractivity contribution in [3.8, 4) is 0 Å². The first-order valence-corrected chi connectivity index (χ1v) is 15.7. The number of halogens is 4. The van der Waals surface area contributed by atoms with Crippen molar-refractivity contribution in [3.05, 3.63) is 53.8 Å². The van der Waals surface area contributed by atoms with Crippen molar-refractivity contribution in [2.45, 2.75) is 68.6 Å². The number of anilines is 2. The molecular formula is C29H36F4N4O3S. The fourth-order valence-corrected chi connectivity index (χ4v) is 7.93. The van der Waals surface area contributed by atoms with Crippen molar-refractivity contribution < 1.29 is 30.8 Å². The number of nitrogens with one attached hydrogen (secondary N) is 1. The van der Waals surface area contributed by atoms with Gasteiger partial charge in [-0.2, -0.15) is 17.5 Å². The molecule has 2 aliphatic heterocycles. The molecule has 1 amide bonds. The molecule has 1 saturated carbocycles. The second kappa shape index (κ2) is 11.8. The molecule has 5 rings (SSSR count). The highest BCUT2D eigenvalue weighted by Gasteiger charge is 2.39. The van der Waals surface area contributed by atoms with Crippen molar-refractivity contribution in [1.29, 1.82) is 0 Å². The molecule has 2 atom stereocenters. The second-order valence-electron chi connectivity index (χ2n) is 11.3. The maximum atomic E-state index is 13.7. The van der Waals surface area contributed by atoms with Crippen LogP contribution in [0.4, 0.5) is 28.9 Å². The molecule has 3 fully saturated rings. The Kier molecular flexibility index (Phi) is 8.52.